The molecule has 1 aliphatic carbocycles. The first-order chi connectivity index (χ1) is 17.2. The number of nitrogens with zero attached hydrogens (tertiary/aromatic N) is 5. The highest BCUT2D eigenvalue weighted by atomic mass is 16.1. The highest BCUT2D eigenvalue weighted by Crippen LogP contribution is 2.42. The highest BCUT2D eigenvalue weighted by Gasteiger charge is 2.28. The number of aromatic nitrogens is 4. The maximum absolute atomic E-state index is 13.3. The predicted molar refractivity (Wildman–Crippen MR) is 135 cm³/mol. The van der Waals surface area contributed by atoms with E-state index < -0.39 is 0 Å². The van der Waals surface area contributed by atoms with Crippen LogP contribution in [-0.4, -0.2) is 25.9 Å². The molecular formula is C27H25N7O. The van der Waals surface area contributed by atoms with Gasteiger partial charge in [-0.05, 0) is 66.6 Å². The van der Waals surface area contributed by atoms with Gasteiger partial charge in [-0.15, -0.1) is 6.58 Å². The number of hydrogen-bond donors (Lipinski definition) is 2. The first-order valence-electron chi connectivity index (χ1n) is 11.9. The molecule has 2 aliphatic rings. The van der Waals surface area contributed by atoms with Gasteiger partial charge in [0.15, 0.2) is 5.65 Å². The fraction of sp³-hybridized carbons (Fsp3) is 0.259. The Bertz CT molecular complexity index is 1570. The Balaban J connectivity index is 1.49. The van der Waals surface area contributed by atoms with Crippen LogP contribution in [0.3, 0.4) is 0 Å². The molecular weight excluding hydrogens is 438 g/mol. The van der Waals surface area contributed by atoms with E-state index in [1.54, 1.807) is 21.6 Å². The molecule has 0 bridgehead atoms. The van der Waals surface area contributed by atoms with Crippen molar-refractivity contribution in [2.24, 2.45) is 0 Å². The lowest BCUT2D eigenvalue weighted by atomic mass is 10.0. The zero-order valence-corrected chi connectivity index (χ0v) is 19.3. The molecule has 8 heteroatoms. The van der Waals surface area contributed by atoms with Crippen LogP contribution in [0.15, 0.2) is 60.0 Å². The van der Waals surface area contributed by atoms with E-state index in [-0.39, 0.29) is 12.1 Å². The van der Waals surface area contributed by atoms with Crippen molar-refractivity contribution in [2.75, 3.05) is 11.9 Å². The Morgan fingerprint density at radius 1 is 1.26 bits per heavy atom. The number of nitrogens with one attached hydrogen (secondary N) is 2. The minimum absolute atomic E-state index is 0.214. The molecule has 0 atom stereocenters. The molecule has 0 spiro atoms. The topological polar surface area (TPSA) is 101 Å². The fourth-order valence-corrected chi connectivity index (χ4v) is 4.89. The third-order valence-electron chi connectivity index (χ3n) is 6.76. The lowest BCUT2D eigenvalue weighted by Crippen LogP contribution is -2.23. The number of benzene rings is 2. The molecule has 2 aromatic heterocycles. The van der Waals surface area contributed by atoms with E-state index >= 15 is 0 Å². The van der Waals surface area contributed by atoms with Crippen molar-refractivity contribution in [2.45, 2.75) is 38.3 Å². The normalized spacial score (nSPS) is 14.9. The van der Waals surface area contributed by atoms with Gasteiger partial charge in [-0.25, -0.2) is 14.3 Å². The van der Waals surface area contributed by atoms with Gasteiger partial charge in [0.05, 0.1) is 17.8 Å². The number of rotatable bonds is 6. The molecule has 1 aliphatic heterocycles. The monoisotopic (exact) mass is 463 g/mol. The average Bonchev–Trinajstić information content (AvgIpc) is 3.70. The van der Waals surface area contributed by atoms with Gasteiger partial charge >= 0.3 is 0 Å². The minimum atomic E-state index is -0.214. The molecule has 3 heterocycles. The largest absolute Gasteiger partial charge is 0.324 e. The molecule has 2 N–H and O–H groups in total. The fourth-order valence-electron chi connectivity index (χ4n) is 4.89. The van der Waals surface area contributed by atoms with Crippen molar-refractivity contribution >= 4 is 22.7 Å². The second kappa shape index (κ2) is 8.53. The van der Waals surface area contributed by atoms with Crippen molar-refractivity contribution in [3.63, 3.8) is 0 Å². The molecule has 1 fully saturated rings. The van der Waals surface area contributed by atoms with E-state index in [0.29, 0.717) is 34.2 Å². The van der Waals surface area contributed by atoms with Crippen LogP contribution >= 0.6 is 0 Å². The van der Waals surface area contributed by atoms with E-state index in [0.717, 1.165) is 43.6 Å². The van der Waals surface area contributed by atoms with Gasteiger partial charge in [0, 0.05) is 18.4 Å². The summed E-state index contributed by atoms with van der Waals surface area (Å²) >= 11 is 0. The van der Waals surface area contributed by atoms with E-state index in [1.165, 1.54) is 11.1 Å². The maximum Gasteiger partial charge on any atom is 0.278 e. The molecule has 4 aromatic rings. The summed E-state index contributed by atoms with van der Waals surface area (Å²) in [5.74, 6) is 0.796. The van der Waals surface area contributed by atoms with E-state index in [9.17, 15) is 10.1 Å². The summed E-state index contributed by atoms with van der Waals surface area (Å²) in [5, 5.41) is 17.1. The summed E-state index contributed by atoms with van der Waals surface area (Å²) in [6.07, 6.45) is 6.36. The van der Waals surface area contributed by atoms with Crippen LogP contribution in [0.1, 0.15) is 41.0 Å². The van der Waals surface area contributed by atoms with Crippen molar-refractivity contribution in [1.29, 1.82) is 5.26 Å². The zero-order valence-electron chi connectivity index (χ0n) is 19.3. The Kier molecular flexibility index (Phi) is 5.20. The van der Waals surface area contributed by atoms with Gasteiger partial charge in [0.1, 0.15) is 11.5 Å². The summed E-state index contributed by atoms with van der Waals surface area (Å²) in [6.45, 7) is 5.94. The second-order valence-corrected chi connectivity index (χ2v) is 9.08. The minimum Gasteiger partial charge on any atom is -0.324 e. The number of allylic oxidation sites excluding steroid dienone is 1. The number of hydrogen-bond acceptors (Lipinski definition) is 6. The van der Waals surface area contributed by atoms with Crippen LogP contribution in [0.25, 0.3) is 16.7 Å². The smallest absolute Gasteiger partial charge is 0.278 e. The van der Waals surface area contributed by atoms with Gasteiger partial charge in [-0.3, -0.25) is 4.79 Å². The van der Waals surface area contributed by atoms with Crippen LogP contribution in [0, 0.1) is 11.3 Å². The van der Waals surface area contributed by atoms with Crippen LogP contribution in [0.4, 0.5) is 11.6 Å². The zero-order chi connectivity index (χ0) is 23.9. The van der Waals surface area contributed by atoms with E-state index in [4.69, 9.17) is 4.98 Å². The summed E-state index contributed by atoms with van der Waals surface area (Å²) in [5.41, 5.74) is 6.01. The lowest BCUT2D eigenvalue weighted by Gasteiger charge is -2.18. The van der Waals surface area contributed by atoms with Crippen LogP contribution in [0.5, 0.6) is 0 Å². The van der Waals surface area contributed by atoms with Crippen LogP contribution in [-0.2, 0) is 19.5 Å². The van der Waals surface area contributed by atoms with Crippen molar-refractivity contribution < 1.29 is 0 Å². The molecule has 1 saturated carbocycles. The SMILES string of the molecule is C=CCn1c(=O)c2cnc(Nc3ccc4c(c3)CCNC4)nc2n1-c1cccc(C2CC2)c1C#N. The average molecular weight is 464 g/mol. The summed E-state index contributed by atoms with van der Waals surface area (Å²) in [4.78, 5) is 22.5. The van der Waals surface area contributed by atoms with Gasteiger partial charge in [-0.2, -0.15) is 10.2 Å². The Hall–Kier alpha value is -4.22. The molecule has 0 unspecified atom stereocenters. The van der Waals surface area contributed by atoms with Crippen LogP contribution < -0.4 is 16.2 Å². The molecule has 35 heavy (non-hydrogen) atoms. The molecule has 2 aromatic carbocycles. The molecule has 8 nitrogen and oxygen atoms in total. The summed E-state index contributed by atoms with van der Waals surface area (Å²) in [6, 6.07) is 14.5. The van der Waals surface area contributed by atoms with Gasteiger partial charge in [0.25, 0.3) is 5.56 Å². The third kappa shape index (κ3) is 3.70. The van der Waals surface area contributed by atoms with E-state index in [2.05, 4.69) is 40.4 Å². The Labute approximate surface area is 202 Å². The number of anilines is 2. The molecule has 174 valence electrons. The van der Waals surface area contributed by atoms with Crippen LogP contribution in [0.2, 0.25) is 0 Å². The van der Waals surface area contributed by atoms with Crippen molar-refractivity contribution in [3.8, 4) is 11.8 Å². The molecule has 6 rings (SSSR count). The second-order valence-electron chi connectivity index (χ2n) is 9.08. The molecule has 0 saturated heterocycles. The van der Waals surface area contributed by atoms with E-state index in [1.807, 2.05) is 24.3 Å². The van der Waals surface area contributed by atoms with Crippen molar-refractivity contribution in [3.05, 3.63) is 87.9 Å². The summed E-state index contributed by atoms with van der Waals surface area (Å²) < 4.78 is 3.31. The predicted octanol–water partition coefficient (Wildman–Crippen LogP) is 3.91. The quantitative estimate of drug-likeness (QED) is 0.421. The van der Waals surface area contributed by atoms with Gasteiger partial charge < -0.3 is 10.6 Å². The molecule has 0 radical (unpaired) electrons. The first kappa shape index (κ1) is 21.3. The van der Waals surface area contributed by atoms with Gasteiger partial charge in [0.2, 0.25) is 5.95 Å². The first-order valence-corrected chi connectivity index (χ1v) is 11.9. The number of fused-ring (bicyclic) bond motifs is 2. The van der Waals surface area contributed by atoms with Gasteiger partial charge in [-0.1, -0.05) is 24.3 Å². The lowest BCUT2D eigenvalue weighted by molar-refractivity contribution is 0.605. The third-order valence-corrected chi connectivity index (χ3v) is 6.76. The number of nitriles is 1. The maximum atomic E-state index is 13.3. The Morgan fingerprint density at radius 3 is 2.94 bits per heavy atom. The van der Waals surface area contributed by atoms with Crippen molar-refractivity contribution in [1.82, 2.24) is 24.6 Å². The molecule has 0 amide bonds. The summed E-state index contributed by atoms with van der Waals surface area (Å²) in [7, 11) is 0. The highest BCUT2D eigenvalue weighted by molar-refractivity contribution is 5.78. The Morgan fingerprint density at radius 2 is 2.14 bits per heavy atom. The standard InChI is InChI=1S/C27H25N7O/c1-2-12-33-26(35)23-16-30-27(31-20-9-8-19-15-29-11-10-18(19)13-20)32-25(23)34(33)24-5-3-4-21(17-6-7-17)22(24)14-28/h2-5,8-9,13,16-17,29H,1,6-7,10-12,15H2,(H,30,31,32).